The Balaban J connectivity index is 1.48. The smallest absolute Gasteiger partial charge is 0.266 e. The monoisotopic (exact) mass is 368 g/mol. The van der Waals surface area contributed by atoms with Gasteiger partial charge in [-0.2, -0.15) is 0 Å². The van der Waals surface area contributed by atoms with Crippen LogP contribution in [0, 0.1) is 0 Å². The molecule has 0 atom stereocenters. The van der Waals surface area contributed by atoms with E-state index in [-0.39, 0.29) is 5.91 Å². The Morgan fingerprint density at radius 2 is 2.20 bits per heavy atom. The van der Waals surface area contributed by atoms with Crippen LogP contribution in [-0.2, 0) is 0 Å². The molecule has 0 fully saturated rings. The summed E-state index contributed by atoms with van der Waals surface area (Å²) in [6, 6.07) is 12.0. The second-order valence-corrected chi connectivity index (χ2v) is 7.63. The second-order valence-electron chi connectivity index (χ2n) is 5.65. The van der Waals surface area contributed by atoms with Gasteiger partial charge in [0.05, 0.1) is 18.2 Å². The normalized spacial score (nSPS) is 13.8. The van der Waals surface area contributed by atoms with Crippen LogP contribution in [0.1, 0.15) is 15.2 Å². The third-order valence-corrected chi connectivity index (χ3v) is 6.12. The molecule has 2 aromatic heterocycles. The minimum Gasteiger partial charge on any atom is -0.497 e. The van der Waals surface area contributed by atoms with Crippen LogP contribution in [0.3, 0.4) is 0 Å². The van der Waals surface area contributed by atoms with Crippen molar-refractivity contribution in [1.29, 1.82) is 0 Å². The van der Waals surface area contributed by atoms with Crippen LogP contribution in [0.2, 0.25) is 0 Å². The molecule has 3 aromatic rings. The molecule has 126 valence electrons. The van der Waals surface area contributed by atoms with Crippen molar-refractivity contribution in [2.75, 3.05) is 20.2 Å². The molecule has 0 N–H and O–H groups in total. The largest absolute Gasteiger partial charge is 0.497 e. The number of rotatable bonds is 4. The zero-order chi connectivity index (χ0) is 17.2. The minimum atomic E-state index is 0.0365. The van der Waals surface area contributed by atoms with Crippen molar-refractivity contribution in [2.45, 2.75) is 0 Å². The first kappa shape index (κ1) is 16.1. The fraction of sp³-hybridized carbons (Fsp3) is 0.158. The van der Waals surface area contributed by atoms with E-state index in [1.165, 1.54) is 11.3 Å². The molecular weight excluding hydrogens is 352 g/mol. The van der Waals surface area contributed by atoms with E-state index in [2.05, 4.69) is 11.1 Å². The van der Waals surface area contributed by atoms with Crippen LogP contribution in [-0.4, -0.2) is 36.0 Å². The van der Waals surface area contributed by atoms with Crippen molar-refractivity contribution in [3.63, 3.8) is 0 Å². The molecule has 0 spiro atoms. The van der Waals surface area contributed by atoms with Crippen LogP contribution in [0.5, 0.6) is 5.75 Å². The lowest BCUT2D eigenvalue weighted by molar-refractivity contribution is 0.0806. The molecule has 0 radical (unpaired) electrons. The van der Waals surface area contributed by atoms with Gasteiger partial charge in [0.2, 0.25) is 0 Å². The molecule has 0 bridgehead atoms. The molecule has 1 aliphatic heterocycles. The van der Waals surface area contributed by atoms with Gasteiger partial charge in [-0.1, -0.05) is 24.3 Å². The maximum atomic E-state index is 12.8. The molecule has 1 amide bonds. The number of benzene rings is 1. The van der Waals surface area contributed by atoms with E-state index in [0.29, 0.717) is 18.0 Å². The lowest BCUT2D eigenvalue weighted by Crippen LogP contribution is -2.28. The van der Waals surface area contributed by atoms with E-state index in [1.54, 1.807) is 24.6 Å². The summed E-state index contributed by atoms with van der Waals surface area (Å²) >= 11 is 3.09. The van der Waals surface area contributed by atoms with Gasteiger partial charge in [-0.05, 0) is 34.7 Å². The van der Waals surface area contributed by atoms with E-state index in [9.17, 15) is 4.79 Å². The maximum absolute atomic E-state index is 12.8. The molecule has 4 rings (SSSR count). The van der Waals surface area contributed by atoms with Crippen LogP contribution < -0.4 is 4.74 Å². The van der Waals surface area contributed by atoms with Gasteiger partial charge < -0.3 is 9.64 Å². The SMILES string of the molecule is COc1cccc(C2=CCN(C(=O)c3cnc(-c4cccs4)s3)C2)c1. The number of ether oxygens (including phenoxy) is 1. The average molecular weight is 368 g/mol. The van der Waals surface area contributed by atoms with Crippen molar-refractivity contribution in [2.24, 2.45) is 0 Å². The predicted octanol–water partition coefficient (Wildman–Crippen LogP) is 4.42. The van der Waals surface area contributed by atoms with Crippen molar-refractivity contribution in [3.8, 4) is 15.6 Å². The molecule has 3 heterocycles. The maximum Gasteiger partial charge on any atom is 0.266 e. The van der Waals surface area contributed by atoms with E-state index < -0.39 is 0 Å². The van der Waals surface area contributed by atoms with Gasteiger partial charge in [0.1, 0.15) is 15.6 Å². The first-order valence-corrected chi connectivity index (χ1v) is 9.56. The minimum absolute atomic E-state index is 0.0365. The van der Waals surface area contributed by atoms with Gasteiger partial charge in [0.15, 0.2) is 0 Å². The van der Waals surface area contributed by atoms with Gasteiger partial charge in [0, 0.05) is 13.1 Å². The third kappa shape index (κ3) is 3.23. The Labute approximate surface area is 154 Å². The Hall–Kier alpha value is -2.44. The van der Waals surface area contributed by atoms with E-state index >= 15 is 0 Å². The number of amides is 1. The number of thiazole rings is 1. The van der Waals surface area contributed by atoms with Crippen LogP contribution in [0.4, 0.5) is 0 Å². The summed E-state index contributed by atoms with van der Waals surface area (Å²) in [5.74, 6) is 0.862. The molecule has 0 saturated heterocycles. The highest BCUT2D eigenvalue weighted by Gasteiger charge is 2.23. The van der Waals surface area contributed by atoms with Crippen LogP contribution in [0.25, 0.3) is 15.5 Å². The third-order valence-electron chi connectivity index (χ3n) is 4.10. The molecule has 0 saturated carbocycles. The molecule has 1 aromatic carbocycles. The number of aromatic nitrogens is 1. The average Bonchev–Trinajstić information content (AvgIpc) is 3.42. The molecule has 25 heavy (non-hydrogen) atoms. The summed E-state index contributed by atoms with van der Waals surface area (Å²) in [5.41, 5.74) is 2.24. The number of hydrogen-bond acceptors (Lipinski definition) is 5. The topological polar surface area (TPSA) is 42.4 Å². The zero-order valence-corrected chi connectivity index (χ0v) is 15.3. The van der Waals surface area contributed by atoms with E-state index in [4.69, 9.17) is 4.74 Å². The van der Waals surface area contributed by atoms with Gasteiger partial charge in [0.25, 0.3) is 5.91 Å². The van der Waals surface area contributed by atoms with Gasteiger partial charge in [-0.15, -0.1) is 22.7 Å². The fourth-order valence-electron chi connectivity index (χ4n) is 2.78. The van der Waals surface area contributed by atoms with Gasteiger partial charge in [-0.3, -0.25) is 4.79 Å². The molecule has 1 aliphatic rings. The molecule has 0 aliphatic carbocycles. The first-order chi connectivity index (χ1) is 12.2. The molecule has 6 heteroatoms. The summed E-state index contributed by atoms with van der Waals surface area (Å²) in [4.78, 5) is 20.8. The quantitative estimate of drug-likeness (QED) is 0.685. The van der Waals surface area contributed by atoms with Crippen LogP contribution in [0.15, 0.2) is 54.1 Å². The van der Waals surface area contributed by atoms with Crippen molar-refractivity contribution in [3.05, 3.63) is 64.5 Å². The number of hydrogen-bond donors (Lipinski definition) is 0. The highest BCUT2D eigenvalue weighted by Crippen LogP contribution is 2.31. The van der Waals surface area contributed by atoms with Crippen LogP contribution >= 0.6 is 22.7 Å². The summed E-state index contributed by atoms with van der Waals surface area (Å²) in [6.45, 7) is 1.23. The number of carbonyl (C=O) groups excluding carboxylic acids is 1. The molecule has 0 unspecified atom stereocenters. The number of thiophene rings is 1. The van der Waals surface area contributed by atoms with Crippen molar-refractivity contribution in [1.82, 2.24) is 9.88 Å². The summed E-state index contributed by atoms with van der Waals surface area (Å²) < 4.78 is 5.28. The lowest BCUT2D eigenvalue weighted by Gasteiger charge is -2.15. The van der Waals surface area contributed by atoms with E-state index in [1.807, 2.05) is 46.7 Å². The molecular formula is C19H16N2O2S2. The van der Waals surface area contributed by atoms with Crippen molar-refractivity contribution >= 4 is 34.2 Å². The highest BCUT2D eigenvalue weighted by atomic mass is 32.1. The number of carbonyl (C=O) groups is 1. The Kier molecular flexibility index (Phi) is 4.38. The Morgan fingerprint density at radius 1 is 1.28 bits per heavy atom. The standard InChI is InChI=1S/C19H16N2O2S2/c1-23-15-5-2-4-13(10-15)14-7-8-21(12-14)19(22)17-11-20-18(25-17)16-6-3-9-24-16/h2-7,9-11H,8,12H2,1H3. The highest BCUT2D eigenvalue weighted by molar-refractivity contribution is 7.21. The van der Waals surface area contributed by atoms with E-state index in [0.717, 1.165) is 26.8 Å². The fourth-order valence-corrected chi connectivity index (χ4v) is 4.47. The number of nitrogens with zero attached hydrogens (tertiary/aromatic N) is 2. The zero-order valence-electron chi connectivity index (χ0n) is 13.6. The summed E-state index contributed by atoms with van der Waals surface area (Å²) in [5, 5.41) is 2.92. The lowest BCUT2D eigenvalue weighted by atomic mass is 10.1. The van der Waals surface area contributed by atoms with Gasteiger partial charge in [-0.25, -0.2) is 4.98 Å². The summed E-state index contributed by atoms with van der Waals surface area (Å²) in [6.07, 6.45) is 3.79. The predicted molar refractivity (Wildman–Crippen MR) is 102 cm³/mol. The number of methoxy groups -OCH3 is 1. The summed E-state index contributed by atoms with van der Waals surface area (Å²) in [7, 11) is 1.66. The Bertz CT molecular complexity index is 929. The van der Waals surface area contributed by atoms with Crippen molar-refractivity contribution < 1.29 is 9.53 Å². The first-order valence-electron chi connectivity index (χ1n) is 7.87. The molecule has 4 nitrogen and oxygen atoms in total. The van der Waals surface area contributed by atoms with Gasteiger partial charge >= 0.3 is 0 Å². The second kappa shape index (κ2) is 6.82. The Morgan fingerprint density at radius 3 is 3.00 bits per heavy atom.